The average molecular weight is 226 g/mol. The first-order chi connectivity index (χ1) is 7.29. The molecular formula is C11H15FN2O2. The van der Waals surface area contributed by atoms with Crippen LogP contribution in [0.2, 0.25) is 0 Å². The SMILES string of the molecule is CN(CC(C)(C)O)C(=O)c1cncc(F)c1. The summed E-state index contributed by atoms with van der Waals surface area (Å²) in [5.41, 5.74) is -0.808. The van der Waals surface area contributed by atoms with Gasteiger partial charge in [0.25, 0.3) is 5.91 Å². The summed E-state index contributed by atoms with van der Waals surface area (Å²) in [6.45, 7) is 3.36. The van der Waals surface area contributed by atoms with E-state index >= 15 is 0 Å². The number of hydrogen-bond acceptors (Lipinski definition) is 3. The number of hydrogen-bond donors (Lipinski definition) is 1. The molecule has 1 rings (SSSR count). The van der Waals surface area contributed by atoms with Crippen molar-refractivity contribution in [3.05, 3.63) is 29.8 Å². The van der Waals surface area contributed by atoms with Gasteiger partial charge in [0, 0.05) is 19.8 Å². The van der Waals surface area contributed by atoms with Crippen molar-refractivity contribution in [1.29, 1.82) is 0 Å². The molecule has 1 aromatic heterocycles. The molecule has 0 bridgehead atoms. The molecular weight excluding hydrogens is 211 g/mol. The van der Waals surface area contributed by atoms with Gasteiger partial charge in [-0.15, -0.1) is 0 Å². The Morgan fingerprint density at radius 2 is 2.19 bits per heavy atom. The minimum atomic E-state index is -0.981. The number of carbonyl (C=O) groups is 1. The predicted octanol–water partition coefficient (Wildman–Crippen LogP) is 1.06. The third-order valence-electron chi connectivity index (χ3n) is 1.92. The molecule has 0 aliphatic heterocycles. The van der Waals surface area contributed by atoms with Crippen LogP contribution in [-0.4, -0.2) is 40.1 Å². The fourth-order valence-electron chi connectivity index (χ4n) is 1.40. The van der Waals surface area contributed by atoms with Gasteiger partial charge in [-0.05, 0) is 19.9 Å². The third-order valence-corrected chi connectivity index (χ3v) is 1.92. The fourth-order valence-corrected chi connectivity index (χ4v) is 1.40. The number of rotatable bonds is 3. The molecule has 0 atom stereocenters. The smallest absolute Gasteiger partial charge is 0.255 e. The maximum atomic E-state index is 12.8. The quantitative estimate of drug-likeness (QED) is 0.838. The minimum Gasteiger partial charge on any atom is -0.389 e. The Labute approximate surface area is 93.7 Å². The van der Waals surface area contributed by atoms with Crippen LogP contribution in [0.25, 0.3) is 0 Å². The number of pyridine rings is 1. The minimum absolute atomic E-state index is 0.169. The van der Waals surface area contributed by atoms with Crippen molar-refractivity contribution in [2.45, 2.75) is 19.4 Å². The molecule has 0 saturated heterocycles. The number of likely N-dealkylation sites (N-methyl/N-ethyl adjacent to an activating group) is 1. The average Bonchev–Trinajstić information content (AvgIpc) is 2.14. The van der Waals surface area contributed by atoms with Gasteiger partial charge in [0.15, 0.2) is 0 Å². The summed E-state index contributed by atoms with van der Waals surface area (Å²) in [6.07, 6.45) is 2.33. The molecule has 0 aliphatic rings. The summed E-state index contributed by atoms with van der Waals surface area (Å²) in [5, 5.41) is 9.55. The second kappa shape index (κ2) is 4.57. The molecule has 1 N–H and O–H groups in total. The molecule has 1 amide bonds. The lowest BCUT2D eigenvalue weighted by Crippen LogP contribution is -2.39. The molecule has 0 unspecified atom stereocenters. The van der Waals surface area contributed by atoms with E-state index in [2.05, 4.69) is 4.98 Å². The first kappa shape index (κ1) is 12.6. The van der Waals surface area contributed by atoms with Gasteiger partial charge in [0.2, 0.25) is 0 Å². The van der Waals surface area contributed by atoms with Crippen molar-refractivity contribution >= 4 is 5.91 Å². The van der Waals surface area contributed by atoms with Crippen LogP contribution in [0.1, 0.15) is 24.2 Å². The van der Waals surface area contributed by atoms with Gasteiger partial charge in [-0.2, -0.15) is 0 Å². The Morgan fingerprint density at radius 3 is 2.69 bits per heavy atom. The second-order valence-electron chi connectivity index (χ2n) is 4.37. The standard InChI is InChI=1S/C11H15FN2O2/c1-11(2,16)7-14(3)10(15)8-4-9(12)6-13-5-8/h4-6,16H,7H2,1-3H3. The third kappa shape index (κ3) is 3.58. The van der Waals surface area contributed by atoms with E-state index in [4.69, 9.17) is 0 Å². The van der Waals surface area contributed by atoms with Gasteiger partial charge in [-0.25, -0.2) is 4.39 Å². The van der Waals surface area contributed by atoms with Gasteiger partial charge in [-0.1, -0.05) is 0 Å². The molecule has 88 valence electrons. The monoisotopic (exact) mass is 226 g/mol. The lowest BCUT2D eigenvalue weighted by molar-refractivity contribution is 0.0367. The van der Waals surface area contributed by atoms with Gasteiger partial charge >= 0.3 is 0 Å². The summed E-state index contributed by atoms with van der Waals surface area (Å²) >= 11 is 0. The molecule has 0 fully saturated rings. The number of halogens is 1. The van der Waals surface area contributed by atoms with Crippen LogP contribution in [0.15, 0.2) is 18.5 Å². The fraction of sp³-hybridized carbons (Fsp3) is 0.455. The van der Waals surface area contributed by atoms with E-state index in [0.717, 1.165) is 12.3 Å². The van der Waals surface area contributed by atoms with Crippen molar-refractivity contribution in [3.63, 3.8) is 0 Å². The van der Waals surface area contributed by atoms with Gasteiger partial charge in [0.1, 0.15) is 5.82 Å². The van der Waals surface area contributed by atoms with Crippen LogP contribution in [0.5, 0.6) is 0 Å². The first-order valence-electron chi connectivity index (χ1n) is 4.88. The summed E-state index contributed by atoms with van der Waals surface area (Å²) in [5.74, 6) is -0.920. The summed E-state index contributed by atoms with van der Waals surface area (Å²) in [4.78, 5) is 16.7. The molecule has 4 nitrogen and oxygen atoms in total. The van der Waals surface area contributed by atoms with Crippen molar-refractivity contribution in [2.75, 3.05) is 13.6 Å². The normalized spacial score (nSPS) is 11.3. The molecule has 0 aliphatic carbocycles. The van der Waals surface area contributed by atoms with Crippen LogP contribution in [0.4, 0.5) is 4.39 Å². The first-order valence-corrected chi connectivity index (χ1v) is 4.88. The van der Waals surface area contributed by atoms with E-state index in [9.17, 15) is 14.3 Å². The molecule has 0 radical (unpaired) electrons. The Hall–Kier alpha value is -1.49. The molecule has 1 aromatic rings. The Morgan fingerprint density at radius 1 is 1.56 bits per heavy atom. The van der Waals surface area contributed by atoms with Crippen molar-refractivity contribution in [1.82, 2.24) is 9.88 Å². The second-order valence-corrected chi connectivity index (χ2v) is 4.37. The Kier molecular flexibility index (Phi) is 3.59. The predicted molar refractivity (Wildman–Crippen MR) is 57.5 cm³/mol. The van der Waals surface area contributed by atoms with E-state index in [1.54, 1.807) is 20.9 Å². The molecule has 1 heterocycles. The van der Waals surface area contributed by atoms with Crippen molar-refractivity contribution in [2.24, 2.45) is 0 Å². The molecule has 0 spiro atoms. The van der Waals surface area contributed by atoms with Gasteiger partial charge in [-0.3, -0.25) is 9.78 Å². The molecule has 5 heteroatoms. The highest BCUT2D eigenvalue weighted by Crippen LogP contribution is 2.08. The van der Waals surface area contributed by atoms with Gasteiger partial charge in [0.05, 0.1) is 17.4 Å². The summed E-state index contributed by atoms with van der Waals surface area (Å²) in [7, 11) is 1.55. The van der Waals surface area contributed by atoms with Crippen LogP contribution >= 0.6 is 0 Å². The highest BCUT2D eigenvalue weighted by atomic mass is 19.1. The lowest BCUT2D eigenvalue weighted by Gasteiger charge is -2.25. The topological polar surface area (TPSA) is 53.4 Å². The number of aromatic nitrogens is 1. The molecule has 0 saturated carbocycles. The summed E-state index contributed by atoms with van der Waals surface area (Å²) < 4.78 is 12.8. The van der Waals surface area contributed by atoms with E-state index in [1.807, 2.05) is 0 Å². The highest BCUT2D eigenvalue weighted by Gasteiger charge is 2.20. The number of amides is 1. The zero-order valence-electron chi connectivity index (χ0n) is 9.57. The van der Waals surface area contributed by atoms with Gasteiger partial charge < -0.3 is 10.0 Å². The van der Waals surface area contributed by atoms with Crippen LogP contribution < -0.4 is 0 Å². The van der Waals surface area contributed by atoms with Crippen LogP contribution in [0.3, 0.4) is 0 Å². The number of nitrogens with zero attached hydrogens (tertiary/aromatic N) is 2. The lowest BCUT2D eigenvalue weighted by atomic mass is 10.1. The Balaban J connectivity index is 2.78. The van der Waals surface area contributed by atoms with Crippen molar-refractivity contribution in [3.8, 4) is 0 Å². The highest BCUT2D eigenvalue weighted by molar-refractivity contribution is 5.93. The van der Waals surface area contributed by atoms with E-state index in [0.29, 0.717) is 0 Å². The van der Waals surface area contributed by atoms with Crippen molar-refractivity contribution < 1.29 is 14.3 Å². The van der Waals surface area contributed by atoms with E-state index < -0.39 is 11.4 Å². The largest absolute Gasteiger partial charge is 0.389 e. The molecule has 0 aromatic carbocycles. The number of aliphatic hydroxyl groups is 1. The zero-order chi connectivity index (χ0) is 12.3. The Bertz CT molecular complexity index is 388. The van der Waals surface area contributed by atoms with E-state index in [1.165, 1.54) is 11.1 Å². The molecule has 16 heavy (non-hydrogen) atoms. The van der Waals surface area contributed by atoms with Crippen LogP contribution in [-0.2, 0) is 0 Å². The number of carbonyl (C=O) groups excluding carboxylic acids is 1. The zero-order valence-corrected chi connectivity index (χ0v) is 9.57. The maximum absolute atomic E-state index is 12.8. The van der Waals surface area contributed by atoms with E-state index in [-0.39, 0.29) is 18.0 Å². The maximum Gasteiger partial charge on any atom is 0.255 e. The van der Waals surface area contributed by atoms with Crippen LogP contribution in [0, 0.1) is 5.82 Å². The summed E-state index contributed by atoms with van der Waals surface area (Å²) in [6, 6.07) is 1.12.